The number of carbonyl (C=O) groups is 4. The monoisotopic (exact) mass is 654 g/mol. The third kappa shape index (κ3) is 11.8. The van der Waals surface area contributed by atoms with Crippen LogP contribution in [0, 0.1) is 5.41 Å². The Morgan fingerprint density at radius 3 is 2.43 bits per heavy atom. The van der Waals surface area contributed by atoms with Gasteiger partial charge in [0.25, 0.3) is 0 Å². The first-order valence-corrected chi connectivity index (χ1v) is 15.2. The summed E-state index contributed by atoms with van der Waals surface area (Å²) in [5, 5.41) is 0. The number of aromatic nitrogens is 3. The zero-order chi connectivity index (χ0) is 30.5. The zero-order valence-electron chi connectivity index (χ0n) is 26.3. The number of amides is 1. The molecule has 0 bridgehead atoms. The van der Waals surface area contributed by atoms with E-state index in [-0.39, 0.29) is 74.1 Å². The van der Waals surface area contributed by atoms with Crippen molar-refractivity contribution in [3.05, 3.63) is 48.8 Å². The average Bonchev–Trinajstić information content (AvgIpc) is 3.65. The lowest BCUT2D eigenvalue weighted by atomic mass is 9.76. The maximum absolute atomic E-state index is 13.6. The number of ether oxygens (including phenoxy) is 2. The number of imidazole rings is 1. The summed E-state index contributed by atoms with van der Waals surface area (Å²) in [6.45, 7) is 7.93. The molecule has 4 unspecified atom stereocenters. The Balaban J connectivity index is 0.00000484. The van der Waals surface area contributed by atoms with E-state index in [0.717, 1.165) is 32.1 Å². The first-order valence-electron chi connectivity index (χ1n) is 15.2. The fourth-order valence-corrected chi connectivity index (χ4v) is 6.00. The number of nitrogens with one attached hydrogen (secondary N) is 1. The van der Waals surface area contributed by atoms with Gasteiger partial charge in [-0.15, -0.1) is 12.4 Å². The molecule has 10 nitrogen and oxygen atoms in total. The molecule has 2 aromatic rings. The van der Waals surface area contributed by atoms with Gasteiger partial charge in [0.2, 0.25) is 12.2 Å². The number of halogens is 2. The standard InChI is InChI=1S/C32H46N4O6.2ClH/c1-5-28(35-18-16-34-23-35)9-8-26(27-11-14-33-15-12-27)10-13-32(4,22-24(2)36-17-6-7-29(36)38)31(40)42-20-19-41-30(39)21-25(3)37;;/h11-12,14-16,18,23-24,26,28H,5-10,13,17,19-22H2,1-4H3;2*1H. The van der Waals surface area contributed by atoms with Crippen LogP contribution < -0.4 is 17.0 Å². The molecule has 0 spiro atoms. The fourth-order valence-electron chi connectivity index (χ4n) is 6.00. The minimum atomic E-state index is -0.851. The number of H-pyrrole nitrogens is 1. The lowest BCUT2D eigenvalue weighted by Crippen LogP contribution is -3.00. The van der Waals surface area contributed by atoms with Crippen LogP contribution in [0.15, 0.2) is 43.2 Å². The molecule has 4 atom stereocenters. The molecular formula is C32H48Cl2N4O6. The van der Waals surface area contributed by atoms with Crippen LogP contribution in [0.3, 0.4) is 0 Å². The summed E-state index contributed by atoms with van der Waals surface area (Å²) >= 11 is 0. The van der Waals surface area contributed by atoms with Crippen LogP contribution in [0.4, 0.5) is 0 Å². The van der Waals surface area contributed by atoms with Crippen molar-refractivity contribution in [3.8, 4) is 0 Å². The molecule has 1 aliphatic heterocycles. The molecule has 2 aromatic heterocycles. The predicted octanol–water partition coefficient (Wildman–Crippen LogP) is 1.89. The maximum Gasteiger partial charge on any atom is 0.313 e. The molecule has 12 heteroatoms. The van der Waals surface area contributed by atoms with Crippen molar-refractivity contribution in [2.24, 2.45) is 5.41 Å². The van der Waals surface area contributed by atoms with Gasteiger partial charge in [0.05, 0.1) is 5.41 Å². The van der Waals surface area contributed by atoms with Crippen LogP contribution in [0.1, 0.15) is 103 Å². The minimum Gasteiger partial charge on any atom is -1.00 e. The van der Waals surface area contributed by atoms with E-state index in [9.17, 15) is 19.2 Å². The van der Waals surface area contributed by atoms with E-state index < -0.39 is 11.4 Å². The minimum absolute atomic E-state index is 0. The smallest absolute Gasteiger partial charge is 0.313 e. The maximum atomic E-state index is 13.6. The summed E-state index contributed by atoms with van der Waals surface area (Å²) in [4.78, 5) is 58.1. The number of Topliss-reactive ketones (excluding diaryl/α,β-unsaturated/α-hetero) is 1. The number of hydrogen-bond donors (Lipinski definition) is 1. The van der Waals surface area contributed by atoms with Gasteiger partial charge in [0, 0.05) is 31.4 Å². The SMILES string of the molecule is CCC(CCC(CCC(C)(CC(C)N1CCCC1=O)C(=O)OCCOC(=O)CC(C)=O)c1ccncc1)[n+]1cc[nH]c1.Cl.[Cl-]. The van der Waals surface area contributed by atoms with E-state index in [4.69, 9.17) is 9.47 Å². The van der Waals surface area contributed by atoms with Crippen molar-refractivity contribution < 1.29 is 45.6 Å². The topological polar surface area (TPSA) is 123 Å². The summed E-state index contributed by atoms with van der Waals surface area (Å²) in [5.74, 6) is -0.948. The van der Waals surface area contributed by atoms with Crippen LogP contribution in [-0.4, -0.2) is 64.3 Å². The number of ketones is 1. The van der Waals surface area contributed by atoms with Crippen LogP contribution in [-0.2, 0) is 28.7 Å². The molecule has 0 aromatic carbocycles. The van der Waals surface area contributed by atoms with Crippen molar-refractivity contribution in [2.45, 2.75) is 103 Å². The van der Waals surface area contributed by atoms with Crippen molar-refractivity contribution in [1.29, 1.82) is 0 Å². The molecule has 1 N–H and O–H groups in total. The zero-order valence-corrected chi connectivity index (χ0v) is 27.9. The molecule has 0 aliphatic carbocycles. The molecule has 1 fully saturated rings. The van der Waals surface area contributed by atoms with Crippen molar-refractivity contribution in [1.82, 2.24) is 14.9 Å². The lowest BCUT2D eigenvalue weighted by molar-refractivity contribution is -0.723. The van der Waals surface area contributed by atoms with E-state index in [1.807, 2.05) is 55.8 Å². The number of likely N-dealkylation sites (tertiary alicyclic amines) is 1. The molecular weight excluding hydrogens is 607 g/mol. The lowest BCUT2D eigenvalue weighted by Gasteiger charge is -2.35. The van der Waals surface area contributed by atoms with E-state index in [1.54, 1.807) is 0 Å². The first-order chi connectivity index (χ1) is 20.1. The van der Waals surface area contributed by atoms with Crippen molar-refractivity contribution >= 4 is 36.0 Å². The molecule has 246 valence electrons. The van der Waals surface area contributed by atoms with Gasteiger partial charge < -0.3 is 26.8 Å². The highest BCUT2D eigenvalue weighted by molar-refractivity contribution is 5.94. The van der Waals surface area contributed by atoms with E-state index in [0.29, 0.717) is 31.8 Å². The van der Waals surface area contributed by atoms with Gasteiger partial charge in [-0.1, -0.05) is 6.92 Å². The Labute approximate surface area is 273 Å². The Morgan fingerprint density at radius 2 is 1.84 bits per heavy atom. The number of rotatable bonds is 18. The summed E-state index contributed by atoms with van der Waals surface area (Å²) in [6.07, 6.45) is 15.4. The Kier molecular flexibility index (Phi) is 17.2. The van der Waals surface area contributed by atoms with Gasteiger partial charge in [0.1, 0.15) is 43.9 Å². The Morgan fingerprint density at radius 1 is 1.14 bits per heavy atom. The van der Waals surface area contributed by atoms with E-state index in [2.05, 4.69) is 27.7 Å². The molecule has 0 saturated carbocycles. The molecule has 1 saturated heterocycles. The largest absolute Gasteiger partial charge is 1.00 e. The molecule has 1 aliphatic rings. The molecule has 3 heterocycles. The van der Waals surface area contributed by atoms with Gasteiger partial charge in [0.15, 0.2) is 0 Å². The second-order valence-electron chi connectivity index (χ2n) is 11.8. The van der Waals surface area contributed by atoms with Crippen molar-refractivity contribution in [2.75, 3.05) is 19.8 Å². The molecule has 3 rings (SSSR count). The number of pyridine rings is 1. The predicted molar refractivity (Wildman–Crippen MR) is 163 cm³/mol. The van der Waals surface area contributed by atoms with Gasteiger partial charge in [-0.2, -0.15) is 0 Å². The van der Waals surface area contributed by atoms with Crippen LogP contribution in [0.5, 0.6) is 0 Å². The van der Waals surface area contributed by atoms with Crippen molar-refractivity contribution in [3.63, 3.8) is 0 Å². The second kappa shape index (κ2) is 19.4. The number of hydrogen-bond acceptors (Lipinski definition) is 7. The number of carbonyl (C=O) groups excluding carboxylic acids is 4. The second-order valence-corrected chi connectivity index (χ2v) is 11.8. The fraction of sp³-hybridized carbons (Fsp3) is 0.625. The summed E-state index contributed by atoms with van der Waals surface area (Å²) in [5.41, 5.74) is 0.339. The van der Waals surface area contributed by atoms with E-state index in [1.165, 1.54) is 12.5 Å². The Hall–Kier alpha value is -2.98. The van der Waals surface area contributed by atoms with Crippen LogP contribution in [0.2, 0.25) is 0 Å². The first kappa shape index (κ1) is 39.0. The molecule has 0 radical (unpaired) electrons. The van der Waals surface area contributed by atoms with E-state index >= 15 is 0 Å². The highest BCUT2D eigenvalue weighted by atomic mass is 35.5. The normalized spacial score (nSPS) is 16.1. The van der Waals surface area contributed by atoms with Crippen LogP contribution in [0.25, 0.3) is 0 Å². The van der Waals surface area contributed by atoms with Crippen LogP contribution >= 0.6 is 12.4 Å². The third-order valence-corrected chi connectivity index (χ3v) is 8.38. The van der Waals surface area contributed by atoms with Gasteiger partial charge in [-0.25, -0.2) is 4.57 Å². The highest BCUT2D eigenvalue weighted by Gasteiger charge is 2.39. The van der Waals surface area contributed by atoms with Gasteiger partial charge in [-0.3, -0.25) is 29.1 Å². The van der Waals surface area contributed by atoms with Gasteiger partial charge >= 0.3 is 11.9 Å². The quantitative estimate of drug-likeness (QED) is 0.113. The summed E-state index contributed by atoms with van der Waals surface area (Å²) in [7, 11) is 0. The number of nitrogens with zero attached hydrogens (tertiary/aromatic N) is 3. The number of aromatic amines is 1. The number of esters is 2. The van der Waals surface area contributed by atoms with Gasteiger partial charge in [-0.05, 0) is 89.3 Å². The summed E-state index contributed by atoms with van der Waals surface area (Å²) in [6, 6.07) is 4.35. The third-order valence-electron chi connectivity index (χ3n) is 8.38. The summed E-state index contributed by atoms with van der Waals surface area (Å²) < 4.78 is 12.9. The average molecular weight is 656 g/mol. The highest BCUT2D eigenvalue weighted by Crippen LogP contribution is 2.38. The molecule has 1 amide bonds. The Bertz CT molecular complexity index is 1170. The molecule has 44 heavy (non-hydrogen) atoms.